The first kappa shape index (κ1) is 16.5. The molecule has 0 spiro atoms. The molecule has 0 N–H and O–H groups in total. The minimum absolute atomic E-state index is 0.0527. The number of carbonyl (C=O) groups is 1. The minimum atomic E-state index is -0.0622. The highest BCUT2D eigenvalue weighted by molar-refractivity contribution is 9.10. The van der Waals surface area contributed by atoms with E-state index < -0.39 is 0 Å². The fourth-order valence-electron chi connectivity index (χ4n) is 3.13. The smallest absolute Gasteiger partial charge is 0.290 e. The standard InChI is InChI=1S/C17H17BrN4O2S/c18-12-9-20-21(10-12)11-13-4-5-15(24-13)17(23)22-7-2-1-3-14(22)16-19-6-8-25-16/h4-6,8-10,14H,1-3,7,11H2. The molecular formula is C17H17BrN4O2S. The van der Waals surface area contributed by atoms with Crippen LogP contribution in [0.2, 0.25) is 0 Å². The van der Waals surface area contributed by atoms with Gasteiger partial charge in [0.2, 0.25) is 0 Å². The number of likely N-dealkylation sites (tertiary alicyclic amines) is 1. The van der Waals surface area contributed by atoms with Crippen LogP contribution in [0.3, 0.4) is 0 Å². The van der Waals surface area contributed by atoms with E-state index in [0.717, 1.165) is 35.3 Å². The molecule has 0 radical (unpaired) electrons. The Balaban J connectivity index is 1.51. The van der Waals surface area contributed by atoms with Gasteiger partial charge in [-0.1, -0.05) is 0 Å². The molecule has 0 aromatic carbocycles. The van der Waals surface area contributed by atoms with Crippen molar-refractivity contribution in [2.45, 2.75) is 31.8 Å². The first-order valence-electron chi connectivity index (χ1n) is 8.18. The Kier molecular flexibility index (Phi) is 4.72. The van der Waals surface area contributed by atoms with E-state index in [0.29, 0.717) is 18.1 Å². The maximum Gasteiger partial charge on any atom is 0.290 e. The van der Waals surface area contributed by atoms with Crippen LogP contribution >= 0.6 is 27.3 Å². The van der Waals surface area contributed by atoms with Crippen molar-refractivity contribution in [1.82, 2.24) is 19.7 Å². The summed E-state index contributed by atoms with van der Waals surface area (Å²) in [4.78, 5) is 19.3. The van der Waals surface area contributed by atoms with Crippen LogP contribution in [0.15, 0.2) is 45.0 Å². The highest BCUT2D eigenvalue weighted by Gasteiger charge is 2.31. The molecular weight excluding hydrogens is 404 g/mol. The molecule has 6 nitrogen and oxygen atoms in total. The summed E-state index contributed by atoms with van der Waals surface area (Å²) in [7, 11) is 0. The number of amides is 1. The molecule has 1 fully saturated rings. The number of rotatable bonds is 4. The molecule has 1 aliphatic heterocycles. The van der Waals surface area contributed by atoms with Gasteiger partial charge in [-0.3, -0.25) is 9.48 Å². The monoisotopic (exact) mass is 420 g/mol. The van der Waals surface area contributed by atoms with Gasteiger partial charge in [0.15, 0.2) is 5.76 Å². The average molecular weight is 421 g/mol. The molecule has 130 valence electrons. The Hall–Kier alpha value is -1.93. The quantitative estimate of drug-likeness (QED) is 0.636. The molecule has 0 saturated carbocycles. The molecule has 0 bridgehead atoms. The average Bonchev–Trinajstić information content (AvgIpc) is 3.37. The molecule has 4 heterocycles. The van der Waals surface area contributed by atoms with E-state index in [1.807, 2.05) is 22.5 Å². The summed E-state index contributed by atoms with van der Waals surface area (Å²) in [5, 5.41) is 7.17. The fraction of sp³-hybridized carbons (Fsp3) is 0.353. The number of hydrogen-bond acceptors (Lipinski definition) is 5. The lowest BCUT2D eigenvalue weighted by atomic mass is 10.0. The minimum Gasteiger partial charge on any atom is -0.454 e. The number of halogens is 1. The molecule has 1 atom stereocenters. The first-order valence-corrected chi connectivity index (χ1v) is 9.85. The van der Waals surface area contributed by atoms with Crippen molar-refractivity contribution in [2.75, 3.05) is 6.54 Å². The Morgan fingerprint density at radius 3 is 3.08 bits per heavy atom. The molecule has 3 aromatic heterocycles. The molecule has 1 unspecified atom stereocenters. The van der Waals surface area contributed by atoms with Crippen molar-refractivity contribution < 1.29 is 9.21 Å². The van der Waals surface area contributed by atoms with Crippen molar-refractivity contribution >= 4 is 33.2 Å². The highest BCUT2D eigenvalue weighted by Crippen LogP contribution is 2.33. The first-order chi connectivity index (χ1) is 12.2. The van der Waals surface area contributed by atoms with Gasteiger partial charge in [0.25, 0.3) is 5.91 Å². The Labute approximate surface area is 157 Å². The molecule has 1 saturated heterocycles. The summed E-state index contributed by atoms with van der Waals surface area (Å²) in [5.74, 6) is 1.03. The summed E-state index contributed by atoms with van der Waals surface area (Å²) in [5.41, 5.74) is 0. The third-order valence-corrected chi connectivity index (χ3v) is 5.58. The Morgan fingerprint density at radius 2 is 2.32 bits per heavy atom. The van der Waals surface area contributed by atoms with E-state index in [4.69, 9.17) is 4.42 Å². The van der Waals surface area contributed by atoms with E-state index >= 15 is 0 Å². The lowest BCUT2D eigenvalue weighted by Crippen LogP contribution is -2.38. The van der Waals surface area contributed by atoms with E-state index in [-0.39, 0.29) is 11.9 Å². The second-order valence-corrected chi connectivity index (χ2v) is 7.84. The van der Waals surface area contributed by atoms with E-state index in [1.165, 1.54) is 0 Å². The van der Waals surface area contributed by atoms with Crippen LogP contribution in [0.25, 0.3) is 0 Å². The van der Waals surface area contributed by atoms with Gasteiger partial charge in [-0.05, 0) is 47.3 Å². The number of hydrogen-bond donors (Lipinski definition) is 0. The molecule has 25 heavy (non-hydrogen) atoms. The zero-order valence-corrected chi connectivity index (χ0v) is 15.9. The van der Waals surface area contributed by atoms with Crippen LogP contribution in [-0.4, -0.2) is 32.1 Å². The third kappa shape index (κ3) is 3.55. The van der Waals surface area contributed by atoms with Gasteiger partial charge in [0, 0.05) is 24.3 Å². The summed E-state index contributed by atoms with van der Waals surface area (Å²) < 4.78 is 8.47. The predicted molar refractivity (Wildman–Crippen MR) is 97.5 cm³/mol. The van der Waals surface area contributed by atoms with Crippen molar-refractivity contribution in [2.24, 2.45) is 0 Å². The zero-order chi connectivity index (χ0) is 17.2. The van der Waals surface area contributed by atoms with Crippen molar-refractivity contribution in [1.29, 1.82) is 0 Å². The van der Waals surface area contributed by atoms with Gasteiger partial charge in [0.05, 0.1) is 23.3 Å². The lowest BCUT2D eigenvalue weighted by molar-refractivity contribution is 0.0576. The summed E-state index contributed by atoms with van der Waals surface area (Å²) in [6, 6.07) is 3.64. The van der Waals surface area contributed by atoms with Crippen molar-refractivity contribution in [3.05, 3.63) is 57.1 Å². The Bertz CT molecular complexity index is 858. The topological polar surface area (TPSA) is 64.2 Å². The number of carbonyl (C=O) groups excluding carboxylic acids is 1. The normalized spacial score (nSPS) is 17.8. The number of nitrogens with zero attached hydrogens (tertiary/aromatic N) is 4. The second-order valence-electron chi connectivity index (χ2n) is 6.00. The fourth-order valence-corrected chi connectivity index (χ4v) is 4.25. The number of piperidine rings is 1. The van der Waals surface area contributed by atoms with Gasteiger partial charge >= 0.3 is 0 Å². The maximum absolute atomic E-state index is 13.0. The highest BCUT2D eigenvalue weighted by atomic mass is 79.9. The van der Waals surface area contributed by atoms with Crippen molar-refractivity contribution in [3.63, 3.8) is 0 Å². The van der Waals surface area contributed by atoms with E-state index in [1.54, 1.807) is 34.5 Å². The van der Waals surface area contributed by atoms with E-state index in [2.05, 4.69) is 26.0 Å². The SMILES string of the molecule is O=C(c1ccc(Cn2cc(Br)cn2)o1)N1CCCCC1c1nccs1. The lowest BCUT2D eigenvalue weighted by Gasteiger charge is -2.33. The van der Waals surface area contributed by atoms with Gasteiger partial charge < -0.3 is 9.32 Å². The van der Waals surface area contributed by atoms with Gasteiger partial charge in [0.1, 0.15) is 10.8 Å². The maximum atomic E-state index is 13.0. The number of thiazole rings is 1. The summed E-state index contributed by atoms with van der Waals surface area (Å²) in [6.07, 6.45) is 8.47. The number of furan rings is 1. The molecule has 4 rings (SSSR count). The predicted octanol–water partition coefficient (Wildman–Crippen LogP) is 4.11. The van der Waals surface area contributed by atoms with Crippen LogP contribution in [0.5, 0.6) is 0 Å². The summed E-state index contributed by atoms with van der Waals surface area (Å²) in [6.45, 7) is 1.24. The third-order valence-electron chi connectivity index (χ3n) is 4.29. The van der Waals surface area contributed by atoms with Crippen LogP contribution in [0, 0.1) is 0 Å². The zero-order valence-electron chi connectivity index (χ0n) is 13.5. The number of aromatic nitrogens is 3. The van der Waals surface area contributed by atoms with Crippen LogP contribution in [-0.2, 0) is 6.54 Å². The van der Waals surface area contributed by atoms with Crippen LogP contribution < -0.4 is 0 Å². The molecule has 3 aromatic rings. The van der Waals surface area contributed by atoms with Gasteiger partial charge in [-0.25, -0.2) is 4.98 Å². The van der Waals surface area contributed by atoms with Crippen molar-refractivity contribution in [3.8, 4) is 0 Å². The molecule has 1 aliphatic rings. The Morgan fingerprint density at radius 1 is 1.40 bits per heavy atom. The molecule has 1 amide bonds. The van der Waals surface area contributed by atoms with Crippen LogP contribution in [0.1, 0.15) is 46.6 Å². The van der Waals surface area contributed by atoms with E-state index in [9.17, 15) is 4.79 Å². The summed E-state index contributed by atoms with van der Waals surface area (Å²) >= 11 is 4.98. The second kappa shape index (κ2) is 7.13. The van der Waals surface area contributed by atoms with Gasteiger partial charge in [-0.2, -0.15) is 5.10 Å². The van der Waals surface area contributed by atoms with Gasteiger partial charge in [-0.15, -0.1) is 11.3 Å². The largest absolute Gasteiger partial charge is 0.454 e. The molecule has 0 aliphatic carbocycles. The molecule has 8 heteroatoms. The van der Waals surface area contributed by atoms with Crippen LogP contribution in [0.4, 0.5) is 0 Å².